The maximum Gasteiger partial charge on any atom is 0.271 e. The fourth-order valence-corrected chi connectivity index (χ4v) is 5.75. The largest absolute Gasteiger partial charge is 0.325 e. The molecule has 166 valence electrons. The van der Waals surface area contributed by atoms with Crippen LogP contribution >= 0.6 is 23.2 Å². The molecule has 11 heteroatoms. The number of nitrogens with one attached hydrogen (secondary N) is 1. The quantitative estimate of drug-likeness (QED) is 0.481. The second kappa shape index (κ2) is 9.52. The molecule has 0 aliphatic carbocycles. The number of hydrogen-bond acceptors (Lipinski definition) is 5. The molecule has 1 amide bonds. The highest BCUT2D eigenvalue weighted by Gasteiger charge is 2.32. The van der Waals surface area contributed by atoms with E-state index in [1.165, 1.54) is 16.4 Å². The van der Waals surface area contributed by atoms with Crippen LogP contribution < -0.4 is 5.32 Å². The van der Waals surface area contributed by atoms with E-state index < -0.39 is 20.9 Å². The van der Waals surface area contributed by atoms with Crippen LogP contribution in [0.25, 0.3) is 0 Å². The number of piperidine rings is 1. The average Bonchev–Trinajstić information content (AvgIpc) is 2.72. The second-order valence-corrected chi connectivity index (χ2v) is 10.2. The van der Waals surface area contributed by atoms with Crippen LogP contribution in [0, 0.1) is 23.0 Å². The molecule has 3 rings (SSSR count). The van der Waals surface area contributed by atoms with Crippen molar-refractivity contribution in [2.24, 2.45) is 5.92 Å². The van der Waals surface area contributed by atoms with Crippen molar-refractivity contribution in [2.45, 2.75) is 25.5 Å². The zero-order valence-corrected chi connectivity index (χ0v) is 19.0. The molecule has 0 radical (unpaired) electrons. The minimum absolute atomic E-state index is 0.111. The first-order chi connectivity index (χ1) is 14.6. The fourth-order valence-electron chi connectivity index (χ4n) is 3.43. The highest BCUT2D eigenvalue weighted by molar-refractivity contribution is 7.88. The number of aryl methyl sites for hydroxylation is 1. The normalized spacial score (nSPS) is 15.6. The molecule has 0 aromatic heterocycles. The van der Waals surface area contributed by atoms with Gasteiger partial charge in [-0.15, -0.1) is 0 Å². The van der Waals surface area contributed by atoms with E-state index in [9.17, 15) is 23.3 Å². The topological polar surface area (TPSA) is 110 Å². The lowest BCUT2D eigenvalue weighted by Gasteiger charge is -2.30. The fraction of sp³-hybridized carbons (Fsp3) is 0.350. The molecule has 0 spiro atoms. The smallest absolute Gasteiger partial charge is 0.271 e. The lowest BCUT2D eigenvalue weighted by molar-refractivity contribution is -0.384. The second-order valence-electron chi connectivity index (χ2n) is 7.38. The van der Waals surface area contributed by atoms with Gasteiger partial charge in [0.25, 0.3) is 5.69 Å². The summed E-state index contributed by atoms with van der Waals surface area (Å²) in [7, 11) is -3.65. The van der Waals surface area contributed by atoms with Gasteiger partial charge in [0.15, 0.2) is 0 Å². The maximum atomic E-state index is 12.8. The first-order valence-electron chi connectivity index (χ1n) is 9.55. The van der Waals surface area contributed by atoms with Gasteiger partial charge in [0, 0.05) is 46.7 Å². The Morgan fingerprint density at radius 3 is 2.39 bits per heavy atom. The molecule has 2 aromatic rings. The van der Waals surface area contributed by atoms with Crippen LogP contribution in [-0.4, -0.2) is 36.6 Å². The van der Waals surface area contributed by atoms with Crippen molar-refractivity contribution < 1.29 is 18.1 Å². The molecule has 2 aromatic carbocycles. The molecule has 1 fully saturated rings. The molecule has 31 heavy (non-hydrogen) atoms. The number of amides is 1. The maximum absolute atomic E-state index is 12.8. The lowest BCUT2D eigenvalue weighted by Crippen LogP contribution is -2.42. The van der Waals surface area contributed by atoms with Crippen molar-refractivity contribution in [3.8, 4) is 0 Å². The third kappa shape index (κ3) is 5.54. The number of hydrogen-bond donors (Lipinski definition) is 1. The molecule has 0 atom stereocenters. The van der Waals surface area contributed by atoms with E-state index in [-0.39, 0.29) is 40.5 Å². The van der Waals surface area contributed by atoms with Crippen molar-refractivity contribution in [1.29, 1.82) is 0 Å². The number of nitrogens with zero attached hydrogens (tertiary/aromatic N) is 2. The van der Waals surface area contributed by atoms with Crippen LogP contribution in [0.1, 0.15) is 24.0 Å². The first-order valence-corrected chi connectivity index (χ1v) is 11.9. The molecular formula is C20H21Cl2N3O5S. The van der Waals surface area contributed by atoms with Crippen molar-refractivity contribution >= 4 is 50.5 Å². The van der Waals surface area contributed by atoms with Gasteiger partial charge in [0.2, 0.25) is 15.9 Å². The SMILES string of the molecule is Cc1ccc([N+](=O)[O-])cc1NC(=O)C1CCN(S(=O)(=O)Cc2c(Cl)cccc2Cl)CC1. The summed E-state index contributed by atoms with van der Waals surface area (Å²) in [5.41, 5.74) is 1.32. The van der Waals surface area contributed by atoms with E-state index in [4.69, 9.17) is 23.2 Å². The van der Waals surface area contributed by atoms with Crippen LogP contribution in [0.4, 0.5) is 11.4 Å². The summed E-state index contributed by atoms with van der Waals surface area (Å²) >= 11 is 12.2. The highest BCUT2D eigenvalue weighted by Crippen LogP contribution is 2.29. The summed E-state index contributed by atoms with van der Waals surface area (Å²) in [6, 6.07) is 9.09. The van der Waals surface area contributed by atoms with E-state index in [1.807, 2.05) is 0 Å². The molecule has 0 saturated carbocycles. The summed E-state index contributed by atoms with van der Waals surface area (Å²) in [6.07, 6.45) is 0.685. The van der Waals surface area contributed by atoms with Gasteiger partial charge in [-0.25, -0.2) is 12.7 Å². The number of carbonyl (C=O) groups is 1. The van der Waals surface area contributed by atoms with Gasteiger partial charge in [-0.3, -0.25) is 14.9 Å². The number of benzene rings is 2. The van der Waals surface area contributed by atoms with Crippen LogP contribution in [-0.2, 0) is 20.6 Å². The molecule has 0 bridgehead atoms. The summed E-state index contributed by atoms with van der Waals surface area (Å²) < 4.78 is 27.0. The standard InChI is InChI=1S/C20H21Cl2N3O5S/c1-13-5-6-15(25(27)28)11-19(13)23-20(26)14-7-9-24(10-8-14)31(29,30)12-16-17(21)3-2-4-18(16)22/h2-6,11,14H,7-10,12H2,1H3,(H,23,26). The molecule has 1 saturated heterocycles. The Labute approximate surface area is 190 Å². The van der Waals surface area contributed by atoms with Crippen molar-refractivity contribution in [3.63, 3.8) is 0 Å². The Morgan fingerprint density at radius 2 is 1.81 bits per heavy atom. The number of nitro groups is 1. The van der Waals surface area contributed by atoms with Gasteiger partial charge < -0.3 is 5.32 Å². The van der Waals surface area contributed by atoms with E-state index >= 15 is 0 Å². The van der Waals surface area contributed by atoms with Crippen molar-refractivity contribution in [3.05, 3.63) is 67.7 Å². The Kier molecular flexibility index (Phi) is 7.20. The third-order valence-corrected chi connectivity index (χ3v) is 7.81. The zero-order chi connectivity index (χ0) is 22.8. The Balaban J connectivity index is 1.63. The molecular weight excluding hydrogens is 465 g/mol. The first kappa shape index (κ1) is 23.5. The minimum Gasteiger partial charge on any atom is -0.325 e. The van der Waals surface area contributed by atoms with E-state index in [1.54, 1.807) is 31.2 Å². The van der Waals surface area contributed by atoms with E-state index in [2.05, 4.69) is 5.32 Å². The number of carbonyl (C=O) groups excluding carboxylic acids is 1. The molecule has 8 nitrogen and oxygen atoms in total. The number of anilines is 1. The van der Waals surface area contributed by atoms with Crippen LogP contribution in [0.15, 0.2) is 36.4 Å². The molecule has 1 aliphatic heterocycles. The lowest BCUT2D eigenvalue weighted by atomic mass is 9.97. The Bertz CT molecular complexity index is 1100. The van der Waals surface area contributed by atoms with Gasteiger partial charge in [0.05, 0.1) is 16.4 Å². The predicted molar refractivity (Wildman–Crippen MR) is 120 cm³/mol. The highest BCUT2D eigenvalue weighted by atomic mass is 35.5. The summed E-state index contributed by atoms with van der Waals surface area (Å²) in [4.78, 5) is 23.1. The summed E-state index contributed by atoms with van der Waals surface area (Å²) in [5, 5.41) is 14.3. The van der Waals surface area contributed by atoms with E-state index in [0.29, 0.717) is 29.7 Å². The summed E-state index contributed by atoms with van der Waals surface area (Å²) in [5.74, 6) is -0.987. The Hall–Kier alpha value is -2.20. The number of non-ortho nitro benzene ring substituents is 1. The summed E-state index contributed by atoms with van der Waals surface area (Å²) in [6.45, 7) is 2.13. The number of nitro benzene ring substituents is 1. The van der Waals surface area contributed by atoms with Gasteiger partial charge in [-0.2, -0.15) is 0 Å². The van der Waals surface area contributed by atoms with Crippen molar-refractivity contribution in [2.75, 3.05) is 18.4 Å². The average molecular weight is 486 g/mol. The molecule has 0 unspecified atom stereocenters. The predicted octanol–water partition coefficient (Wildman–Crippen LogP) is 4.39. The van der Waals surface area contributed by atoms with Gasteiger partial charge >= 0.3 is 0 Å². The van der Waals surface area contributed by atoms with Crippen LogP contribution in [0.2, 0.25) is 10.0 Å². The molecule has 1 N–H and O–H groups in total. The molecule has 1 aliphatic rings. The monoisotopic (exact) mass is 485 g/mol. The Morgan fingerprint density at radius 1 is 1.19 bits per heavy atom. The zero-order valence-electron chi connectivity index (χ0n) is 16.7. The minimum atomic E-state index is -3.65. The van der Waals surface area contributed by atoms with Gasteiger partial charge in [-0.05, 0) is 37.5 Å². The van der Waals surface area contributed by atoms with Gasteiger partial charge in [0.1, 0.15) is 0 Å². The van der Waals surface area contributed by atoms with Gasteiger partial charge in [-0.1, -0.05) is 35.3 Å². The van der Waals surface area contributed by atoms with Crippen LogP contribution in [0.5, 0.6) is 0 Å². The number of sulfonamides is 1. The van der Waals surface area contributed by atoms with E-state index in [0.717, 1.165) is 0 Å². The van der Waals surface area contributed by atoms with Crippen molar-refractivity contribution in [1.82, 2.24) is 4.31 Å². The third-order valence-electron chi connectivity index (χ3n) is 5.30. The number of rotatable bonds is 6. The van der Waals surface area contributed by atoms with Crippen LogP contribution in [0.3, 0.4) is 0 Å². The molecule has 1 heterocycles. The number of halogens is 2.